The second kappa shape index (κ2) is 9.25. The summed E-state index contributed by atoms with van der Waals surface area (Å²) in [6.45, 7) is 4.42. The standard InChI is InChI=1S/C39H30N2/c1-3-27-25-30(41-37-14-8-4-10-32(37)33-11-5-9-15-38(33)41)21-23-31(27)28-17-19-29(20-18-28)40-36-13-7-6-12-34(36)35-22-16-26(2)24-39(35)40/h4-25H,3H2,1-2H3. The molecule has 0 bridgehead atoms. The van der Waals surface area contributed by atoms with E-state index in [1.165, 1.54) is 77.2 Å². The highest BCUT2D eigenvalue weighted by molar-refractivity contribution is 6.10. The van der Waals surface area contributed by atoms with Crippen LogP contribution in [-0.4, -0.2) is 9.13 Å². The van der Waals surface area contributed by atoms with Crippen LogP contribution in [0, 0.1) is 6.92 Å². The number of rotatable bonds is 4. The zero-order valence-corrected chi connectivity index (χ0v) is 23.3. The largest absolute Gasteiger partial charge is 0.309 e. The van der Waals surface area contributed by atoms with Gasteiger partial charge in [-0.25, -0.2) is 0 Å². The normalized spacial score (nSPS) is 11.8. The molecule has 0 aliphatic heterocycles. The van der Waals surface area contributed by atoms with Crippen molar-refractivity contribution in [1.29, 1.82) is 0 Å². The molecule has 0 spiro atoms. The van der Waals surface area contributed by atoms with Crippen LogP contribution < -0.4 is 0 Å². The van der Waals surface area contributed by atoms with E-state index in [-0.39, 0.29) is 0 Å². The van der Waals surface area contributed by atoms with Gasteiger partial charge in [0.05, 0.1) is 22.1 Å². The summed E-state index contributed by atoms with van der Waals surface area (Å²) < 4.78 is 4.80. The Labute approximate surface area is 239 Å². The molecule has 8 rings (SSSR count). The molecule has 2 heteroatoms. The van der Waals surface area contributed by atoms with Crippen LogP contribution >= 0.6 is 0 Å². The molecule has 0 amide bonds. The van der Waals surface area contributed by atoms with Crippen molar-refractivity contribution in [3.8, 4) is 22.5 Å². The predicted molar refractivity (Wildman–Crippen MR) is 175 cm³/mol. The van der Waals surface area contributed by atoms with Crippen LogP contribution in [-0.2, 0) is 6.42 Å². The fourth-order valence-electron chi connectivity index (χ4n) is 6.64. The molecular formula is C39H30N2. The van der Waals surface area contributed by atoms with Crippen molar-refractivity contribution in [3.63, 3.8) is 0 Å². The number of aryl methyl sites for hydroxylation is 2. The Balaban J connectivity index is 1.24. The summed E-state index contributed by atoms with van der Waals surface area (Å²) in [5.74, 6) is 0. The first-order chi connectivity index (χ1) is 20.2. The molecule has 0 atom stereocenters. The predicted octanol–water partition coefficient (Wildman–Crippen LogP) is 10.4. The highest BCUT2D eigenvalue weighted by Gasteiger charge is 2.15. The van der Waals surface area contributed by atoms with Gasteiger partial charge >= 0.3 is 0 Å². The number of hydrogen-bond acceptors (Lipinski definition) is 0. The zero-order chi connectivity index (χ0) is 27.5. The van der Waals surface area contributed by atoms with E-state index in [0.29, 0.717) is 0 Å². The molecule has 0 fully saturated rings. The molecule has 6 aromatic carbocycles. The maximum atomic E-state index is 2.40. The highest BCUT2D eigenvalue weighted by Crippen LogP contribution is 2.36. The lowest BCUT2D eigenvalue weighted by Gasteiger charge is -2.15. The molecule has 2 heterocycles. The fourth-order valence-corrected chi connectivity index (χ4v) is 6.64. The lowest BCUT2D eigenvalue weighted by Crippen LogP contribution is -1.97. The second-order valence-corrected chi connectivity index (χ2v) is 11.0. The Bertz CT molecular complexity index is 2190. The molecule has 0 aliphatic rings. The Morgan fingerprint density at radius 2 is 0.976 bits per heavy atom. The first-order valence-electron chi connectivity index (χ1n) is 14.4. The minimum atomic E-state index is 0.966. The molecular weight excluding hydrogens is 496 g/mol. The molecule has 0 radical (unpaired) electrons. The third-order valence-electron chi connectivity index (χ3n) is 8.57. The maximum absolute atomic E-state index is 2.40. The van der Waals surface area contributed by atoms with Gasteiger partial charge in [-0.05, 0) is 84.1 Å². The molecule has 0 saturated carbocycles. The van der Waals surface area contributed by atoms with E-state index in [1.54, 1.807) is 0 Å². The molecule has 0 saturated heterocycles. The Kier molecular flexibility index (Phi) is 5.36. The number of aromatic nitrogens is 2. The maximum Gasteiger partial charge on any atom is 0.0543 e. The van der Waals surface area contributed by atoms with Crippen molar-refractivity contribution in [3.05, 3.63) is 145 Å². The highest BCUT2D eigenvalue weighted by atomic mass is 15.0. The first kappa shape index (κ1) is 23.8. The van der Waals surface area contributed by atoms with E-state index >= 15 is 0 Å². The number of hydrogen-bond donors (Lipinski definition) is 0. The van der Waals surface area contributed by atoms with Gasteiger partial charge in [0, 0.05) is 32.9 Å². The van der Waals surface area contributed by atoms with Crippen molar-refractivity contribution in [1.82, 2.24) is 9.13 Å². The van der Waals surface area contributed by atoms with E-state index in [1.807, 2.05) is 0 Å². The van der Waals surface area contributed by atoms with Crippen molar-refractivity contribution < 1.29 is 0 Å². The SMILES string of the molecule is CCc1cc(-n2c3ccccc3c3ccccc32)ccc1-c1ccc(-n2c3ccccc3c3ccc(C)cc32)cc1. The zero-order valence-electron chi connectivity index (χ0n) is 23.3. The van der Waals surface area contributed by atoms with Crippen LogP contribution in [0.4, 0.5) is 0 Å². The molecule has 8 aromatic rings. The summed E-state index contributed by atoms with van der Waals surface area (Å²) in [5, 5.41) is 5.17. The third-order valence-corrected chi connectivity index (χ3v) is 8.57. The summed E-state index contributed by atoms with van der Waals surface area (Å²) in [5.41, 5.74) is 12.5. The molecule has 41 heavy (non-hydrogen) atoms. The van der Waals surface area contributed by atoms with Crippen LogP contribution in [0.3, 0.4) is 0 Å². The molecule has 196 valence electrons. The summed E-state index contributed by atoms with van der Waals surface area (Å²) in [6.07, 6.45) is 0.966. The van der Waals surface area contributed by atoms with Gasteiger partial charge in [0.25, 0.3) is 0 Å². The van der Waals surface area contributed by atoms with E-state index in [4.69, 9.17) is 0 Å². The Hall–Kier alpha value is -5.08. The monoisotopic (exact) mass is 526 g/mol. The van der Waals surface area contributed by atoms with Crippen LogP contribution in [0.2, 0.25) is 0 Å². The van der Waals surface area contributed by atoms with Crippen LogP contribution in [0.15, 0.2) is 133 Å². The summed E-state index contributed by atoms with van der Waals surface area (Å²) in [7, 11) is 0. The average Bonchev–Trinajstić information content (AvgIpc) is 3.53. The van der Waals surface area contributed by atoms with E-state index in [9.17, 15) is 0 Å². The fraction of sp³-hybridized carbons (Fsp3) is 0.0769. The van der Waals surface area contributed by atoms with Gasteiger partial charge in [0.1, 0.15) is 0 Å². The van der Waals surface area contributed by atoms with Gasteiger partial charge in [0.15, 0.2) is 0 Å². The molecule has 2 aromatic heterocycles. The number of para-hydroxylation sites is 3. The number of benzene rings is 6. The third kappa shape index (κ3) is 3.64. The Morgan fingerprint density at radius 3 is 1.56 bits per heavy atom. The van der Waals surface area contributed by atoms with Gasteiger partial charge in [-0.15, -0.1) is 0 Å². The minimum Gasteiger partial charge on any atom is -0.309 e. The van der Waals surface area contributed by atoms with Gasteiger partial charge < -0.3 is 9.13 Å². The number of fused-ring (bicyclic) bond motifs is 6. The second-order valence-electron chi connectivity index (χ2n) is 11.0. The van der Waals surface area contributed by atoms with Crippen LogP contribution in [0.5, 0.6) is 0 Å². The number of nitrogens with zero attached hydrogens (tertiary/aromatic N) is 2. The molecule has 2 nitrogen and oxygen atoms in total. The quantitative estimate of drug-likeness (QED) is 0.216. The van der Waals surface area contributed by atoms with E-state index in [0.717, 1.165) is 6.42 Å². The summed E-state index contributed by atoms with van der Waals surface area (Å²) >= 11 is 0. The van der Waals surface area contributed by atoms with Crippen LogP contribution in [0.25, 0.3) is 66.1 Å². The van der Waals surface area contributed by atoms with Crippen molar-refractivity contribution in [2.45, 2.75) is 20.3 Å². The van der Waals surface area contributed by atoms with E-state index in [2.05, 4.69) is 156 Å². The van der Waals surface area contributed by atoms with Gasteiger partial charge in [-0.2, -0.15) is 0 Å². The lowest BCUT2D eigenvalue weighted by atomic mass is 9.97. The minimum absolute atomic E-state index is 0.966. The van der Waals surface area contributed by atoms with Crippen molar-refractivity contribution in [2.75, 3.05) is 0 Å². The van der Waals surface area contributed by atoms with Crippen LogP contribution in [0.1, 0.15) is 18.1 Å². The molecule has 0 N–H and O–H groups in total. The van der Waals surface area contributed by atoms with E-state index < -0.39 is 0 Å². The Morgan fingerprint density at radius 1 is 0.463 bits per heavy atom. The molecule has 0 aliphatic carbocycles. The molecule has 0 unspecified atom stereocenters. The average molecular weight is 527 g/mol. The lowest BCUT2D eigenvalue weighted by molar-refractivity contribution is 1.11. The smallest absolute Gasteiger partial charge is 0.0543 e. The first-order valence-corrected chi connectivity index (χ1v) is 14.4. The van der Waals surface area contributed by atoms with Gasteiger partial charge in [-0.1, -0.05) is 91.9 Å². The van der Waals surface area contributed by atoms with Gasteiger partial charge in [-0.3, -0.25) is 0 Å². The van der Waals surface area contributed by atoms with Crippen molar-refractivity contribution >= 4 is 43.6 Å². The summed E-state index contributed by atoms with van der Waals surface area (Å²) in [6, 6.07) is 48.9. The summed E-state index contributed by atoms with van der Waals surface area (Å²) in [4.78, 5) is 0. The van der Waals surface area contributed by atoms with Crippen molar-refractivity contribution in [2.24, 2.45) is 0 Å². The van der Waals surface area contributed by atoms with Gasteiger partial charge in [0.2, 0.25) is 0 Å². The topological polar surface area (TPSA) is 9.86 Å².